The Hall–Kier alpha value is -0.586. The molecule has 0 radical (unpaired) electrons. The molecular weight excluding hydrogens is 374 g/mol. The van der Waals surface area contributed by atoms with Crippen molar-refractivity contribution in [2.24, 2.45) is 0 Å². The molecule has 0 unspecified atom stereocenters. The van der Waals surface area contributed by atoms with E-state index in [4.69, 9.17) is 4.43 Å². The van der Waals surface area contributed by atoms with Gasteiger partial charge in [-0.05, 0) is 40.7 Å². The first kappa shape index (κ1) is 23.7. The maximum Gasteiger partial charge on any atom is 0.200 e. The van der Waals surface area contributed by atoms with Crippen LogP contribution in [0.2, 0.25) is 34.3 Å². The van der Waals surface area contributed by atoms with Crippen molar-refractivity contribution >= 4 is 22.8 Å². The molecule has 0 saturated heterocycles. The highest BCUT2D eigenvalue weighted by atomic mass is 28.4. The van der Waals surface area contributed by atoms with Crippen molar-refractivity contribution < 1.29 is 4.43 Å². The smallest absolute Gasteiger partial charge is 0.200 e. The Bertz CT molecular complexity index is 591. The fourth-order valence-corrected chi connectivity index (χ4v) is 15.2. The zero-order valence-electron chi connectivity index (χ0n) is 19.9. The fraction of sp³-hybridized carbons (Fsp3) is 0.750. The highest BCUT2D eigenvalue weighted by Gasteiger charge is 2.48. The van der Waals surface area contributed by atoms with E-state index in [1.54, 1.807) is 0 Å². The Morgan fingerprint density at radius 2 is 1.50 bits per heavy atom. The van der Waals surface area contributed by atoms with Gasteiger partial charge < -0.3 is 9.74 Å². The summed E-state index contributed by atoms with van der Waals surface area (Å²) in [6.07, 6.45) is 0.292. The Morgan fingerprint density at radius 3 is 2.00 bits per heavy atom. The number of anilines is 1. The van der Waals surface area contributed by atoms with Crippen LogP contribution < -0.4 is 5.32 Å². The van der Waals surface area contributed by atoms with E-state index < -0.39 is 17.1 Å². The predicted molar refractivity (Wildman–Crippen MR) is 131 cm³/mol. The summed E-state index contributed by atoms with van der Waals surface area (Å²) >= 11 is 0. The molecule has 1 N–H and O–H groups in total. The Kier molecular flexibility index (Phi) is 8.42. The molecule has 0 spiro atoms. The van der Waals surface area contributed by atoms with Crippen molar-refractivity contribution in [3.8, 4) is 0 Å². The van der Waals surface area contributed by atoms with Crippen LogP contribution in [0.4, 0.5) is 5.69 Å². The number of rotatable bonds is 9. The van der Waals surface area contributed by atoms with Gasteiger partial charge in [-0.3, -0.25) is 0 Å². The van der Waals surface area contributed by atoms with E-state index in [1.165, 1.54) is 23.3 Å². The van der Waals surface area contributed by atoms with Crippen LogP contribution in [0.15, 0.2) is 24.3 Å². The maximum absolute atomic E-state index is 7.32. The van der Waals surface area contributed by atoms with Crippen molar-refractivity contribution in [3.05, 3.63) is 29.8 Å². The average Bonchev–Trinajstić information content (AvgIpc) is 2.65. The minimum absolute atomic E-state index is 0.292. The third-order valence-corrected chi connectivity index (χ3v) is 17.7. The normalized spacial score (nSPS) is 21.3. The Labute approximate surface area is 177 Å². The van der Waals surface area contributed by atoms with Crippen LogP contribution in [0.1, 0.15) is 73.8 Å². The van der Waals surface area contributed by atoms with Crippen LogP contribution in [0.25, 0.3) is 0 Å². The van der Waals surface area contributed by atoms with Crippen LogP contribution in [-0.4, -0.2) is 29.8 Å². The van der Waals surface area contributed by atoms with E-state index in [1.807, 2.05) is 0 Å². The summed E-state index contributed by atoms with van der Waals surface area (Å²) < 4.78 is 7.32. The van der Waals surface area contributed by atoms with E-state index >= 15 is 0 Å². The van der Waals surface area contributed by atoms with Gasteiger partial charge in [0.25, 0.3) is 0 Å². The van der Waals surface area contributed by atoms with Gasteiger partial charge >= 0.3 is 0 Å². The van der Waals surface area contributed by atoms with Crippen molar-refractivity contribution in [2.45, 2.75) is 109 Å². The molecule has 0 saturated carbocycles. The summed E-state index contributed by atoms with van der Waals surface area (Å²) in [6.45, 7) is 22.8. The molecule has 0 amide bonds. The number of fused-ring (bicyclic) bond motifs is 1. The molecule has 4 heteroatoms. The molecule has 0 fully saturated rings. The minimum atomic E-state index is -1.89. The first-order valence-corrected chi connectivity index (χ1v) is 16.1. The topological polar surface area (TPSA) is 21.3 Å². The van der Waals surface area contributed by atoms with Crippen molar-refractivity contribution in [1.29, 1.82) is 0 Å². The van der Waals surface area contributed by atoms with Gasteiger partial charge in [-0.1, -0.05) is 85.7 Å². The Morgan fingerprint density at radius 1 is 0.964 bits per heavy atom. The van der Waals surface area contributed by atoms with Crippen LogP contribution in [0.3, 0.4) is 0 Å². The first-order valence-electron chi connectivity index (χ1n) is 11.7. The summed E-state index contributed by atoms with van der Waals surface area (Å²) in [7, 11) is -2.70. The van der Waals surface area contributed by atoms with E-state index in [-0.39, 0.29) is 0 Å². The third kappa shape index (κ3) is 4.44. The number of para-hydroxylation sites is 1. The van der Waals surface area contributed by atoms with Gasteiger partial charge in [-0.15, -0.1) is 0 Å². The molecule has 0 aliphatic carbocycles. The van der Waals surface area contributed by atoms with E-state index in [2.05, 4.69) is 91.9 Å². The van der Waals surface area contributed by atoms with Gasteiger partial charge in [0.05, 0.1) is 0 Å². The highest BCUT2D eigenvalue weighted by Crippen LogP contribution is 2.49. The van der Waals surface area contributed by atoms with Crippen LogP contribution in [0.5, 0.6) is 0 Å². The molecule has 2 nitrogen and oxygen atoms in total. The number of hydrogen-bond donors (Lipinski definition) is 1. The Balaban J connectivity index is 2.46. The lowest BCUT2D eigenvalue weighted by atomic mass is 9.86. The standard InChI is InChI=1S/C24H45NOSi2/c1-10-27(11-2)23-16-25-22-15-13-12-14-21(22)24(23)20(9)26-28(17(3)4,18(5)6)19(7)8/h12-15,17-20,23-25,27H,10-11,16H2,1-9H3/t20-,23+,24+/m0/s1. The van der Waals surface area contributed by atoms with Crippen LogP contribution in [-0.2, 0) is 4.43 Å². The quantitative estimate of drug-likeness (QED) is 0.421. The zero-order valence-corrected chi connectivity index (χ0v) is 22.0. The molecule has 1 aromatic carbocycles. The van der Waals surface area contributed by atoms with Crippen LogP contribution >= 0.6 is 0 Å². The molecule has 160 valence electrons. The largest absolute Gasteiger partial charge is 0.413 e. The fourth-order valence-electron chi connectivity index (χ4n) is 6.29. The molecule has 1 aliphatic heterocycles. The molecule has 3 atom stereocenters. The van der Waals surface area contributed by atoms with Crippen molar-refractivity contribution in [1.82, 2.24) is 0 Å². The van der Waals surface area contributed by atoms with Gasteiger partial charge in [0.15, 0.2) is 0 Å². The lowest BCUT2D eigenvalue weighted by Gasteiger charge is -2.48. The molecule has 1 aliphatic rings. The minimum Gasteiger partial charge on any atom is -0.413 e. The van der Waals surface area contributed by atoms with Gasteiger partial charge in [0.2, 0.25) is 8.32 Å². The third-order valence-electron chi connectivity index (χ3n) is 7.57. The number of nitrogens with one attached hydrogen (secondary N) is 1. The van der Waals surface area contributed by atoms with Crippen LogP contribution in [0, 0.1) is 0 Å². The van der Waals surface area contributed by atoms with Gasteiger partial charge in [-0.25, -0.2) is 0 Å². The second kappa shape index (κ2) is 9.95. The summed E-state index contributed by atoms with van der Waals surface area (Å²) in [5, 5.41) is 3.77. The molecule has 0 aromatic heterocycles. The summed E-state index contributed by atoms with van der Waals surface area (Å²) in [5.74, 6) is 0.539. The highest BCUT2D eigenvalue weighted by molar-refractivity contribution is 6.77. The SMILES string of the molecule is CC[SiH](CC)[C@@H]1CNc2ccccc2[C@H]1[C@H](C)O[Si](C(C)C)(C(C)C)C(C)C. The summed E-state index contributed by atoms with van der Waals surface area (Å²) in [6, 6.07) is 11.8. The molecule has 28 heavy (non-hydrogen) atoms. The monoisotopic (exact) mass is 419 g/mol. The lowest BCUT2D eigenvalue weighted by molar-refractivity contribution is 0.157. The second-order valence-electron chi connectivity index (χ2n) is 9.87. The van der Waals surface area contributed by atoms with E-state index in [9.17, 15) is 0 Å². The van der Waals surface area contributed by atoms with E-state index in [0.717, 1.165) is 12.1 Å². The first-order chi connectivity index (χ1) is 13.2. The number of hydrogen-bond acceptors (Lipinski definition) is 2. The summed E-state index contributed by atoms with van der Waals surface area (Å²) in [5.41, 5.74) is 5.52. The van der Waals surface area contributed by atoms with Gasteiger partial charge in [-0.2, -0.15) is 0 Å². The molecule has 1 aromatic rings. The van der Waals surface area contributed by atoms with Gasteiger partial charge in [0.1, 0.15) is 0 Å². The molecular formula is C24H45NOSi2. The molecule has 0 bridgehead atoms. The predicted octanol–water partition coefficient (Wildman–Crippen LogP) is 7.41. The average molecular weight is 420 g/mol. The zero-order chi connectivity index (χ0) is 21.1. The molecule has 1 heterocycles. The lowest BCUT2D eigenvalue weighted by Crippen LogP contribution is -2.52. The summed E-state index contributed by atoms with van der Waals surface area (Å²) in [4.78, 5) is 0. The second-order valence-corrected chi connectivity index (χ2v) is 19.3. The van der Waals surface area contributed by atoms with E-state index in [0.29, 0.717) is 28.6 Å². The maximum atomic E-state index is 7.32. The number of benzene rings is 1. The van der Waals surface area contributed by atoms with Crippen molar-refractivity contribution in [3.63, 3.8) is 0 Å². The molecule has 2 rings (SSSR count). The van der Waals surface area contributed by atoms with Crippen molar-refractivity contribution in [2.75, 3.05) is 11.9 Å². The van der Waals surface area contributed by atoms with Gasteiger partial charge in [0, 0.05) is 33.1 Å².